The van der Waals surface area contributed by atoms with Crippen LogP contribution in [0.4, 0.5) is 4.79 Å². The summed E-state index contributed by atoms with van der Waals surface area (Å²) < 4.78 is 6.08. The number of carbonyl (C=O) groups excluding carboxylic acids is 1. The summed E-state index contributed by atoms with van der Waals surface area (Å²) in [5, 5.41) is 10.2. The Hall–Kier alpha value is -2.41. The molecule has 7 nitrogen and oxygen atoms in total. The van der Waals surface area contributed by atoms with Crippen LogP contribution in [0, 0.1) is 5.41 Å². The number of hydrogen-bond acceptors (Lipinski definition) is 5. The van der Waals surface area contributed by atoms with Crippen molar-refractivity contribution in [3.8, 4) is 0 Å². The Balaban J connectivity index is 1.12. The van der Waals surface area contributed by atoms with Crippen molar-refractivity contribution in [1.29, 1.82) is 0 Å². The second-order valence-electron chi connectivity index (χ2n) is 9.20. The van der Waals surface area contributed by atoms with E-state index in [9.17, 15) is 4.79 Å². The van der Waals surface area contributed by atoms with E-state index in [-0.39, 0.29) is 18.1 Å². The summed E-state index contributed by atoms with van der Waals surface area (Å²) in [7, 11) is 0. The van der Waals surface area contributed by atoms with Gasteiger partial charge in [0.1, 0.15) is 12.6 Å². The predicted molar refractivity (Wildman–Crippen MR) is 103 cm³/mol. The van der Waals surface area contributed by atoms with Gasteiger partial charge in [0.05, 0.1) is 6.04 Å². The number of nitrogens with zero attached hydrogens (tertiary/aromatic N) is 4. The van der Waals surface area contributed by atoms with Crippen LogP contribution in [0.15, 0.2) is 34.7 Å². The van der Waals surface area contributed by atoms with Crippen molar-refractivity contribution in [2.45, 2.75) is 69.6 Å². The van der Waals surface area contributed by atoms with E-state index in [0.29, 0.717) is 30.4 Å². The monoisotopic (exact) mass is 394 g/mol. The quantitative estimate of drug-likeness (QED) is 0.760. The Labute approximate surface area is 170 Å². The van der Waals surface area contributed by atoms with Gasteiger partial charge in [-0.2, -0.15) is 5.06 Å². The molecular weight excluding hydrogens is 368 g/mol. The second-order valence-corrected chi connectivity index (χ2v) is 9.20. The Kier molecular flexibility index (Phi) is 3.94. The lowest BCUT2D eigenvalue weighted by Gasteiger charge is -2.53. The van der Waals surface area contributed by atoms with Crippen LogP contribution in [0.5, 0.6) is 0 Å². The number of hydroxylamine groups is 2. The van der Waals surface area contributed by atoms with Crippen molar-refractivity contribution >= 4 is 6.03 Å². The number of rotatable bonds is 5. The summed E-state index contributed by atoms with van der Waals surface area (Å²) in [6, 6.07) is 9.80. The minimum atomic E-state index is -0.136. The second kappa shape index (κ2) is 6.55. The summed E-state index contributed by atoms with van der Waals surface area (Å²) in [6.45, 7) is 1.05. The van der Waals surface area contributed by atoms with E-state index in [4.69, 9.17) is 9.25 Å². The lowest BCUT2D eigenvalue weighted by Crippen LogP contribution is -2.41. The van der Waals surface area contributed by atoms with Crippen LogP contribution in [0.1, 0.15) is 74.3 Å². The topological polar surface area (TPSA) is 71.7 Å². The summed E-state index contributed by atoms with van der Waals surface area (Å²) >= 11 is 0. The average Bonchev–Trinajstić information content (AvgIpc) is 3.24. The SMILES string of the molecule is O=C1N2C[C@@H](CC[C@H]2c2nnc(C3CC4(CCC4)C3)o2)N1OCc1ccccc1. The van der Waals surface area contributed by atoms with Gasteiger partial charge in [-0.05, 0) is 49.5 Å². The zero-order valence-electron chi connectivity index (χ0n) is 16.5. The van der Waals surface area contributed by atoms with Crippen LogP contribution in [0.3, 0.4) is 0 Å². The third kappa shape index (κ3) is 2.86. The van der Waals surface area contributed by atoms with Gasteiger partial charge in [0.25, 0.3) is 0 Å². The molecule has 0 radical (unpaired) electrons. The summed E-state index contributed by atoms with van der Waals surface area (Å²) in [4.78, 5) is 20.7. The fourth-order valence-corrected chi connectivity index (χ4v) is 5.56. The summed E-state index contributed by atoms with van der Waals surface area (Å²) in [6.07, 6.45) is 8.16. The molecule has 152 valence electrons. The van der Waals surface area contributed by atoms with Gasteiger partial charge in [-0.3, -0.25) is 4.84 Å². The first-order chi connectivity index (χ1) is 14.2. The largest absolute Gasteiger partial charge is 0.423 e. The third-order valence-electron chi connectivity index (χ3n) is 7.40. The highest BCUT2D eigenvalue weighted by atomic mass is 16.7. The molecule has 2 amide bonds. The van der Waals surface area contributed by atoms with E-state index in [1.807, 2.05) is 35.2 Å². The number of urea groups is 1. The molecule has 2 saturated carbocycles. The molecule has 7 heteroatoms. The van der Waals surface area contributed by atoms with Gasteiger partial charge in [0.15, 0.2) is 0 Å². The Morgan fingerprint density at radius 3 is 2.66 bits per heavy atom. The van der Waals surface area contributed by atoms with Gasteiger partial charge >= 0.3 is 6.03 Å². The highest BCUT2D eigenvalue weighted by molar-refractivity contribution is 5.77. The van der Waals surface area contributed by atoms with Crippen molar-refractivity contribution in [2.24, 2.45) is 5.41 Å². The van der Waals surface area contributed by atoms with Gasteiger partial charge in [-0.1, -0.05) is 36.8 Å². The maximum Gasteiger partial charge on any atom is 0.345 e. The number of benzene rings is 1. The first-order valence-electron chi connectivity index (χ1n) is 10.8. The predicted octanol–water partition coefficient (Wildman–Crippen LogP) is 4.19. The van der Waals surface area contributed by atoms with E-state index in [2.05, 4.69) is 10.2 Å². The Morgan fingerprint density at radius 2 is 1.90 bits per heavy atom. The van der Waals surface area contributed by atoms with Crippen molar-refractivity contribution in [3.63, 3.8) is 0 Å². The Morgan fingerprint density at radius 1 is 1.10 bits per heavy atom. The van der Waals surface area contributed by atoms with Crippen molar-refractivity contribution in [3.05, 3.63) is 47.7 Å². The first-order valence-corrected chi connectivity index (χ1v) is 10.8. The van der Waals surface area contributed by atoms with Crippen LogP contribution in [-0.2, 0) is 11.4 Å². The number of amides is 2. The molecule has 0 N–H and O–H groups in total. The molecule has 2 aliphatic carbocycles. The van der Waals surface area contributed by atoms with Crippen LogP contribution in [-0.4, -0.2) is 38.8 Å². The molecule has 1 spiro atoms. The van der Waals surface area contributed by atoms with Gasteiger partial charge in [-0.15, -0.1) is 10.2 Å². The molecule has 1 aromatic heterocycles. The highest BCUT2D eigenvalue weighted by Gasteiger charge is 2.51. The molecule has 2 atom stereocenters. The highest BCUT2D eigenvalue weighted by Crippen LogP contribution is 2.61. The number of piperidine rings is 1. The van der Waals surface area contributed by atoms with Gasteiger partial charge in [0.2, 0.25) is 11.8 Å². The molecule has 29 heavy (non-hydrogen) atoms. The van der Waals surface area contributed by atoms with E-state index >= 15 is 0 Å². The number of hydrogen-bond donors (Lipinski definition) is 0. The van der Waals surface area contributed by atoms with Crippen LogP contribution >= 0.6 is 0 Å². The zero-order chi connectivity index (χ0) is 19.4. The molecule has 4 aliphatic rings. The van der Waals surface area contributed by atoms with Crippen LogP contribution in [0.2, 0.25) is 0 Å². The Bertz CT molecular complexity index is 902. The average molecular weight is 394 g/mol. The number of fused-ring (bicyclic) bond motifs is 2. The molecule has 2 aromatic rings. The number of carbonyl (C=O) groups is 1. The molecule has 2 aliphatic heterocycles. The van der Waals surface area contributed by atoms with Crippen LogP contribution < -0.4 is 0 Å². The maximum atomic E-state index is 13.0. The third-order valence-corrected chi connectivity index (χ3v) is 7.40. The van der Waals surface area contributed by atoms with Crippen molar-refractivity contribution in [1.82, 2.24) is 20.2 Å². The minimum absolute atomic E-state index is 0.0924. The molecule has 3 heterocycles. The molecule has 4 fully saturated rings. The lowest BCUT2D eigenvalue weighted by atomic mass is 9.52. The summed E-state index contributed by atoms with van der Waals surface area (Å²) in [5.41, 5.74) is 1.64. The van der Waals surface area contributed by atoms with Gasteiger partial charge in [0, 0.05) is 12.5 Å². The lowest BCUT2D eigenvalue weighted by molar-refractivity contribution is -0.140. The van der Waals surface area contributed by atoms with Crippen molar-refractivity contribution in [2.75, 3.05) is 6.54 Å². The molecule has 2 saturated heterocycles. The summed E-state index contributed by atoms with van der Waals surface area (Å²) in [5.74, 6) is 1.77. The van der Waals surface area contributed by atoms with E-state index < -0.39 is 0 Å². The molecule has 2 bridgehead atoms. The van der Waals surface area contributed by atoms with E-state index in [1.54, 1.807) is 5.06 Å². The molecule has 1 aromatic carbocycles. The fraction of sp³-hybridized carbons (Fsp3) is 0.591. The first kappa shape index (κ1) is 17.4. The standard InChI is InChI=1S/C22H26N4O3/c27-21-25-13-17(26(21)28-14-15-5-2-1-3-6-15)7-8-18(25)20-24-23-19(29-20)16-11-22(12-16)9-4-10-22/h1-3,5-6,16-18H,4,7-14H2/t17-,18+/m1/s1. The maximum absolute atomic E-state index is 13.0. The zero-order valence-corrected chi connectivity index (χ0v) is 16.5. The van der Waals surface area contributed by atoms with E-state index in [1.165, 1.54) is 32.1 Å². The molecular formula is C22H26N4O3. The normalized spacial score (nSPS) is 27.9. The van der Waals surface area contributed by atoms with Gasteiger partial charge in [-0.25, -0.2) is 4.79 Å². The van der Waals surface area contributed by atoms with E-state index in [0.717, 1.165) is 24.3 Å². The van der Waals surface area contributed by atoms with Crippen LogP contribution in [0.25, 0.3) is 0 Å². The van der Waals surface area contributed by atoms with Crippen molar-refractivity contribution < 1.29 is 14.0 Å². The molecule has 6 rings (SSSR count). The minimum Gasteiger partial charge on any atom is -0.423 e. The fourth-order valence-electron chi connectivity index (χ4n) is 5.56. The van der Waals surface area contributed by atoms with Gasteiger partial charge < -0.3 is 9.32 Å². The smallest absolute Gasteiger partial charge is 0.345 e. The number of aromatic nitrogens is 2. The molecule has 0 unspecified atom stereocenters.